The van der Waals surface area contributed by atoms with Gasteiger partial charge in [0.25, 0.3) is 0 Å². The molecule has 3 nitrogen and oxygen atoms in total. The molecular weight excluding hydrogens is 236 g/mol. The van der Waals surface area contributed by atoms with Gasteiger partial charge in [-0.2, -0.15) is 0 Å². The highest BCUT2D eigenvalue weighted by Gasteiger charge is 2.46. The van der Waals surface area contributed by atoms with E-state index in [2.05, 4.69) is 35.2 Å². The predicted octanol–water partition coefficient (Wildman–Crippen LogP) is 1.89. The quantitative estimate of drug-likeness (QED) is 0.869. The van der Waals surface area contributed by atoms with Crippen molar-refractivity contribution in [1.82, 2.24) is 4.90 Å². The van der Waals surface area contributed by atoms with Gasteiger partial charge in [0, 0.05) is 18.6 Å². The van der Waals surface area contributed by atoms with Gasteiger partial charge in [-0.3, -0.25) is 4.90 Å². The van der Waals surface area contributed by atoms with Crippen molar-refractivity contribution >= 4 is 0 Å². The minimum Gasteiger partial charge on any atom is -0.390 e. The lowest BCUT2D eigenvalue weighted by molar-refractivity contribution is -0.0580. The van der Waals surface area contributed by atoms with Crippen LogP contribution in [-0.4, -0.2) is 34.2 Å². The maximum absolute atomic E-state index is 10.6. The summed E-state index contributed by atoms with van der Waals surface area (Å²) >= 11 is 0. The summed E-state index contributed by atoms with van der Waals surface area (Å²) in [6, 6.07) is 11.7. The van der Waals surface area contributed by atoms with Gasteiger partial charge >= 0.3 is 0 Å². The number of aliphatic hydroxyl groups is 1. The fourth-order valence-corrected chi connectivity index (χ4v) is 3.94. The molecule has 2 atom stereocenters. The average Bonchev–Trinajstić information content (AvgIpc) is 2.65. The van der Waals surface area contributed by atoms with Crippen molar-refractivity contribution in [2.45, 2.75) is 56.3 Å². The van der Waals surface area contributed by atoms with Gasteiger partial charge in [0.1, 0.15) is 0 Å². The summed E-state index contributed by atoms with van der Waals surface area (Å²) in [5.74, 6) is 0. The number of fused-ring (bicyclic) bond motifs is 2. The molecule has 0 spiro atoms. The van der Waals surface area contributed by atoms with Crippen molar-refractivity contribution in [2.24, 2.45) is 5.73 Å². The molecule has 1 aromatic rings. The third-order valence-electron chi connectivity index (χ3n) is 4.82. The molecule has 2 saturated heterocycles. The molecule has 2 unspecified atom stereocenters. The highest BCUT2D eigenvalue weighted by atomic mass is 16.3. The van der Waals surface area contributed by atoms with Crippen molar-refractivity contribution in [3.8, 4) is 0 Å². The zero-order chi connectivity index (χ0) is 13.3. The molecule has 1 aromatic carbocycles. The molecule has 2 aliphatic rings. The monoisotopic (exact) mass is 260 g/mol. The van der Waals surface area contributed by atoms with Gasteiger partial charge in [0.2, 0.25) is 0 Å². The third kappa shape index (κ3) is 2.69. The van der Waals surface area contributed by atoms with Crippen LogP contribution >= 0.6 is 0 Å². The summed E-state index contributed by atoms with van der Waals surface area (Å²) in [6.07, 6.45) is 5.00. The molecule has 2 aliphatic heterocycles. The summed E-state index contributed by atoms with van der Waals surface area (Å²) in [6.45, 7) is 1.61. The van der Waals surface area contributed by atoms with E-state index in [9.17, 15) is 5.11 Å². The van der Waals surface area contributed by atoms with E-state index in [4.69, 9.17) is 5.73 Å². The number of hydrogen-bond acceptors (Lipinski definition) is 3. The molecule has 0 radical (unpaired) electrons. The largest absolute Gasteiger partial charge is 0.390 e. The number of rotatable bonds is 4. The van der Waals surface area contributed by atoms with E-state index in [1.54, 1.807) is 0 Å². The molecule has 2 bridgehead atoms. The predicted molar refractivity (Wildman–Crippen MR) is 76.7 cm³/mol. The maximum Gasteiger partial charge on any atom is 0.0689 e. The number of piperidine rings is 1. The normalized spacial score (nSPS) is 34.6. The number of nitrogens with zero attached hydrogens (tertiary/aromatic N) is 1. The van der Waals surface area contributed by atoms with E-state index in [1.165, 1.54) is 18.4 Å². The topological polar surface area (TPSA) is 49.5 Å². The van der Waals surface area contributed by atoms with E-state index in [0.29, 0.717) is 18.6 Å². The third-order valence-corrected chi connectivity index (χ3v) is 4.82. The standard InChI is InChI=1S/C16H24N2O/c17-9-8-16(19)10-14-6-7-15(11-16)18(14)12-13-4-2-1-3-5-13/h1-5,14-15,19H,6-12,17H2. The highest BCUT2D eigenvalue weighted by molar-refractivity contribution is 5.16. The van der Waals surface area contributed by atoms with Gasteiger partial charge in [-0.15, -0.1) is 0 Å². The molecule has 19 heavy (non-hydrogen) atoms. The Bertz CT molecular complexity index is 406. The molecule has 104 valence electrons. The van der Waals surface area contributed by atoms with Crippen LogP contribution in [0.4, 0.5) is 0 Å². The summed E-state index contributed by atoms with van der Waals surface area (Å²) in [7, 11) is 0. The van der Waals surface area contributed by atoms with Crippen molar-refractivity contribution in [2.75, 3.05) is 6.54 Å². The molecule has 2 heterocycles. The second-order valence-electron chi connectivity index (χ2n) is 6.21. The van der Waals surface area contributed by atoms with Crippen LogP contribution < -0.4 is 5.73 Å². The van der Waals surface area contributed by atoms with E-state index in [-0.39, 0.29) is 0 Å². The fourth-order valence-electron chi connectivity index (χ4n) is 3.94. The van der Waals surface area contributed by atoms with Gasteiger partial charge in [0.15, 0.2) is 0 Å². The fraction of sp³-hybridized carbons (Fsp3) is 0.625. The molecule has 0 saturated carbocycles. The molecule has 0 amide bonds. The minimum absolute atomic E-state index is 0.506. The van der Waals surface area contributed by atoms with Gasteiger partial charge in [-0.05, 0) is 44.2 Å². The van der Waals surface area contributed by atoms with Crippen molar-refractivity contribution in [3.63, 3.8) is 0 Å². The zero-order valence-corrected chi connectivity index (χ0v) is 11.5. The molecular formula is C16H24N2O. The van der Waals surface area contributed by atoms with Crippen LogP contribution in [0.5, 0.6) is 0 Å². The average molecular weight is 260 g/mol. The molecule has 0 aromatic heterocycles. The van der Waals surface area contributed by atoms with E-state index in [1.807, 2.05) is 0 Å². The van der Waals surface area contributed by atoms with E-state index in [0.717, 1.165) is 25.8 Å². The van der Waals surface area contributed by atoms with Gasteiger partial charge in [-0.1, -0.05) is 30.3 Å². The second kappa shape index (κ2) is 5.23. The first-order valence-electron chi connectivity index (χ1n) is 7.42. The highest BCUT2D eigenvalue weighted by Crippen LogP contribution is 2.42. The van der Waals surface area contributed by atoms with Gasteiger partial charge in [-0.25, -0.2) is 0 Å². The zero-order valence-electron chi connectivity index (χ0n) is 11.5. The summed E-state index contributed by atoms with van der Waals surface area (Å²) in [5, 5.41) is 10.6. The minimum atomic E-state index is -0.506. The van der Waals surface area contributed by atoms with E-state index >= 15 is 0 Å². The van der Waals surface area contributed by atoms with Crippen molar-refractivity contribution < 1.29 is 5.11 Å². The smallest absolute Gasteiger partial charge is 0.0689 e. The molecule has 3 rings (SSSR count). The molecule has 2 fully saturated rings. The van der Waals surface area contributed by atoms with Crippen LogP contribution in [0.15, 0.2) is 30.3 Å². The Kier molecular flexibility index (Phi) is 3.61. The van der Waals surface area contributed by atoms with Crippen LogP contribution in [-0.2, 0) is 6.54 Å². The lowest BCUT2D eigenvalue weighted by atomic mass is 9.83. The lowest BCUT2D eigenvalue weighted by Gasteiger charge is -2.44. The SMILES string of the molecule is NCCC1(O)CC2CCC(C1)N2Cc1ccccc1. The van der Waals surface area contributed by atoms with Crippen LogP contribution in [0.1, 0.15) is 37.7 Å². The Hall–Kier alpha value is -0.900. The van der Waals surface area contributed by atoms with Crippen LogP contribution in [0.25, 0.3) is 0 Å². The Morgan fingerprint density at radius 2 is 1.79 bits per heavy atom. The molecule has 3 heteroatoms. The lowest BCUT2D eigenvalue weighted by Crippen LogP contribution is -2.51. The van der Waals surface area contributed by atoms with Crippen LogP contribution in [0, 0.1) is 0 Å². The Balaban J connectivity index is 1.70. The molecule has 0 aliphatic carbocycles. The number of hydrogen-bond donors (Lipinski definition) is 2. The Morgan fingerprint density at radius 3 is 2.37 bits per heavy atom. The molecule has 3 N–H and O–H groups in total. The first-order valence-corrected chi connectivity index (χ1v) is 7.42. The number of nitrogens with two attached hydrogens (primary N) is 1. The first kappa shape index (κ1) is 13.1. The van der Waals surface area contributed by atoms with Crippen LogP contribution in [0.3, 0.4) is 0 Å². The summed E-state index contributed by atoms with van der Waals surface area (Å²) in [5.41, 5.74) is 6.51. The summed E-state index contributed by atoms with van der Waals surface area (Å²) in [4.78, 5) is 2.60. The van der Waals surface area contributed by atoms with Gasteiger partial charge in [0.05, 0.1) is 5.60 Å². The van der Waals surface area contributed by atoms with Gasteiger partial charge < -0.3 is 10.8 Å². The Labute approximate surface area is 115 Å². The van der Waals surface area contributed by atoms with Crippen molar-refractivity contribution in [3.05, 3.63) is 35.9 Å². The van der Waals surface area contributed by atoms with Crippen LogP contribution in [0.2, 0.25) is 0 Å². The number of benzene rings is 1. The van der Waals surface area contributed by atoms with E-state index < -0.39 is 5.60 Å². The van der Waals surface area contributed by atoms with Crippen molar-refractivity contribution in [1.29, 1.82) is 0 Å². The first-order chi connectivity index (χ1) is 9.20. The maximum atomic E-state index is 10.6. The second-order valence-corrected chi connectivity index (χ2v) is 6.21. The Morgan fingerprint density at radius 1 is 1.16 bits per heavy atom. The summed E-state index contributed by atoms with van der Waals surface area (Å²) < 4.78 is 0.